The molecule has 0 bridgehead atoms. The summed E-state index contributed by atoms with van der Waals surface area (Å²) in [6, 6.07) is 15.7. The normalized spacial score (nSPS) is 18.0. The predicted molar refractivity (Wildman–Crippen MR) is 142 cm³/mol. The first-order chi connectivity index (χ1) is 17.7. The molecule has 0 radical (unpaired) electrons. The minimum Gasteiger partial charge on any atom is -0.486 e. The summed E-state index contributed by atoms with van der Waals surface area (Å²) in [5.74, 6) is 1.13. The number of hydrogen-bond donors (Lipinski definition) is 1. The summed E-state index contributed by atoms with van der Waals surface area (Å²) in [4.78, 5) is 28.9. The Balaban J connectivity index is 1.19. The second kappa shape index (κ2) is 10.7. The lowest BCUT2D eigenvalue weighted by molar-refractivity contribution is -0.131. The molecule has 196 valence electrons. The molecule has 1 N–H and O–H groups in total. The molecule has 0 spiro atoms. The Kier molecular flexibility index (Phi) is 7.35. The molecule has 9 heteroatoms. The number of rotatable bonds is 6. The van der Waals surface area contributed by atoms with E-state index in [1.54, 1.807) is 11.9 Å². The SMILES string of the molecule is CC(C)(C)OC(=O)NCC(C(=O)N1CC2=C(CN(Sc3ccc4c(c3)OCCO4)C2)C1)c1ccccc1. The summed E-state index contributed by atoms with van der Waals surface area (Å²) < 4.78 is 19.0. The Morgan fingerprint density at radius 1 is 0.973 bits per heavy atom. The van der Waals surface area contributed by atoms with Gasteiger partial charge in [0, 0.05) is 37.6 Å². The molecule has 0 saturated heterocycles. The molecule has 3 aliphatic heterocycles. The van der Waals surface area contributed by atoms with E-state index < -0.39 is 17.6 Å². The van der Waals surface area contributed by atoms with E-state index in [2.05, 4.69) is 15.7 Å². The molecule has 3 aliphatic rings. The van der Waals surface area contributed by atoms with Crippen molar-refractivity contribution in [2.24, 2.45) is 0 Å². The summed E-state index contributed by atoms with van der Waals surface area (Å²) in [5, 5.41) is 2.80. The van der Waals surface area contributed by atoms with Crippen LogP contribution in [0.5, 0.6) is 11.5 Å². The van der Waals surface area contributed by atoms with Gasteiger partial charge in [-0.25, -0.2) is 9.10 Å². The number of ether oxygens (including phenoxy) is 3. The number of alkyl carbamates (subject to hydrolysis) is 1. The first-order valence-electron chi connectivity index (χ1n) is 12.6. The van der Waals surface area contributed by atoms with E-state index >= 15 is 0 Å². The van der Waals surface area contributed by atoms with Gasteiger partial charge in [0.2, 0.25) is 5.91 Å². The van der Waals surface area contributed by atoms with Crippen molar-refractivity contribution in [3.8, 4) is 11.5 Å². The van der Waals surface area contributed by atoms with Crippen LogP contribution in [0.3, 0.4) is 0 Å². The molecular weight excluding hydrogens is 490 g/mol. The first kappa shape index (κ1) is 25.5. The van der Waals surface area contributed by atoms with E-state index in [0.717, 1.165) is 35.0 Å². The Morgan fingerprint density at radius 3 is 2.32 bits per heavy atom. The van der Waals surface area contributed by atoms with Crippen LogP contribution in [0, 0.1) is 0 Å². The minimum atomic E-state index is -0.597. The maximum absolute atomic E-state index is 13.6. The van der Waals surface area contributed by atoms with Crippen LogP contribution in [-0.4, -0.2) is 72.7 Å². The van der Waals surface area contributed by atoms with Crippen LogP contribution in [0.15, 0.2) is 64.6 Å². The number of amides is 2. The topological polar surface area (TPSA) is 80.3 Å². The standard InChI is InChI=1S/C28H33N3O5S/c1-28(2,3)36-27(33)29-14-23(19-7-5-4-6-8-19)26(32)30-15-20-17-31(18-21(20)16-30)37-22-9-10-24-25(13-22)35-12-11-34-24/h4-10,13,23H,11-12,14-18H2,1-3H3,(H,29,33). The molecule has 1 atom stereocenters. The molecule has 0 aromatic heterocycles. The average Bonchev–Trinajstić information content (AvgIpc) is 3.42. The van der Waals surface area contributed by atoms with Gasteiger partial charge in [-0.05, 0) is 67.6 Å². The highest BCUT2D eigenvalue weighted by Crippen LogP contribution is 2.38. The maximum atomic E-state index is 13.6. The fraction of sp³-hybridized carbons (Fsp3) is 0.429. The Labute approximate surface area is 222 Å². The van der Waals surface area contributed by atoms with Gasteiger partial charge in [-0.3, -0.25) is 4.79 Å². The Bertz CT molecular complexity index is 1180. The second-order valence-electron chi connectivity index (χ2n) is 10.4. The van der Waals surface area contributed by atoms with Gasteiger partial charge in [-0.1, -0.05) is 30.3 Å². The highest BCUT2D eigenvalue weighted by molar-refractivity contribution is 7.97. The third kappa shape index (κ3) is 6.22. The lowest BCUT2D eigenvalue weighted by Gasteiger charge is -2.27. The van der Waals surface area contributed by atoms with E-state index in [4.69, 9.17) is 14.2 Å². The monoisotopic (exact) mass is 523 g/mol. The Morgan fingerprint density at radius 2 is 1.65 bits per heavy atom. The van der Waals surface area contributed by atoms with Crippen molar-refractivity contribution in [1.82, 2.24) is 14.5 Å². The Hall–Kier alpha value is -3.17. The van der Waals surface area contributed by atoms with Gasteiger partial charge in [-0.2, -0.15) is 0 Å². The zero-order valence-electron chi connectivity index (χ0n) is 21.5. The highest BCUT2D eigenvalue weighted by atomic mass is 32.2. The van der Waals surface area contributed by atoms with Gasteiger partial charge in [0.05, 0.1) is 5.92 Å². The van der Waals surface area contributed by atoms with Crippen LogP contribution < -0.4 is 14.8 Å². The molecule has 37 heavy (non-hydrogen) atoms. The van der Waals surface area contributed by atoms with E-state index in [1.807, 2.05) is 68.1 Å². The summed E-state index contributed by atoms with van der Waals surface area (Å²) in [6.07, 6.45) is -0.518. The fourth-order valence-corrected chi connectivity index (χ4v) is 5.78. The number of hydrogen-bond acceptors (Lipinski definition) is 7. The van der Waals surface area contributed by atoms with Crippen LogP contribution in [0.4, 0.5) is 4.79 Å². The summed E-state index contributed by atoms with van der Waals surface area (Å²) >= 11 is 1.70. The number of benzene rings is 2. The molecule has 2 aromatic carbocycles. The minimum absolute atomic E-state index is 0.0164. The van der Waals surface area contributed by atoms with Crippen LogP contribution in [0.25, 0.3) is 0 Å². The quantitative estimate of drug-likeness (QED) is 0.448. The van der Waals surface area contributed by atoms with Gasteiger partial charge < -0.3 is 24.4 Å². The molecule has 0 fully saturated rings. The number of nitrogens with zero attached hydrogens (tertiary/aromatic N) is 2. The highest BCUT2D eigenvalue weighted by Gasteiger charge is 2.36. The van der Waals surface area contributed by atoms with Crippen LogP contribution >= 0.6 is 11.9 Å². The molecule has 8 nitrogen and oxygen atoms in total. The van der Waals surface area contributed by atoms with Gasteiger partial charge in [0.1, 0.15) is 18.8 Å². The molecule has 5 rings (SSSR count). The number of carbonyl (C=O) groups is 2. The van der Waals surface area contributed by atoms with Crippen molar-refractivity contribution >= 4 is 23.9 Å². The average molecular weight is 524 g/mol. The van der Waals surface area contributed by atoms with Crippen LogP contribution in [0.2, 0.25) is 0 Å². The zero-order valence-corrected chi connectivity index (χ0v) is 22.3. The number of fused-ring (bicyclic) bond motifs is 1. The van der Waals surface area contributed by atoms with E-state index in [9.17, 15) is 9.59 Å². The van der Waals surface area contributed by atoms with Crippen molar-refractivity contribution in [2.75, 3.05) is 45.9 Å². The van der Waals surface area contributed by atoms with Gasteiger partial charge >= 0.3 is 6.09 Å². The number of nitrogens with one attached hydrogen (secondary N) is 1. The van der Waals surface area contributed by atoms with Crippen molar-refractivity contribution in [3.05, 3.63) is 65.2 Å². The van der Waals surface area contributed by atoms with Gasteiger partial charge in [-0.15, -0.1) is 0 Å². The lowest BCUT2D eigenvalue weighted by atomic mass is 9.97. The molecule has 1 unspecified atom stereocenters. The van der Waals surface area contributed by atoms with Crippen molar-refractivity contribution < 1.29 is 23.8 Å². The lowest BCUT2D eigenvalue weighted by Crippen LogP contribution is -2.42. The van der Waals surface area contributed by atoms with Gasteiger partial charge in [0.25, 0.3) is 0 Å². The van der Waals surface area contributed by atoms with E-state index in [0.29, 0.717) is 26.3 Å². The third-order valence-electron chi connectivity index (χ3n) is 6.41. The summed E-state index contributed by atoms with van der Waals surface area (Å²) in [6.45, 7) is 9.64. The fourth-order valence-electron chi connectivity index (χ4n) is 4.75. The smallest absolute Gasteiger partial charge is 0.407 e. The molecule has 2 amide bonds. The van der Waals surface area contributed by atoms with Crippen molar-refractivity contribution in [3.63, 3.8) is 0 Å². The predicted octanol–water partition coefficient (Wildman–Crippen LogP) is 4.23. The maximum Gasteiger partial charge on any atom is 0.407 e. The molecule has 3 heterocycles. The molecule has 2 aromatic rings. The third-order valence-corrected chi connectivity index (χ3v) is 7.39. The molecule has 0 saturated carbocycles. The number of carbonyl (C=O) groups excluding carboxylic acids is 2. The van der Waals surface area contributed by atoms with Gasteiger partial charge in [0.15, 0.2) is 11.5 Å². The van der Waals surface area contributed by atoms with E-state index in [1.165, 1.54) is 11.1 Å². The first-order valence-corrected chi connectivity index (χ1v) is 13.4. The summed E-state index contributed by atoms with van der Waals surface area (Å²) in [7, 11) is 0. The van der Waals surface area contributed by atoms with E-state index in [-0.39, 0.29) is 12.5 Å². The summed E-state index contributed by atoms with van der Waals surface area (Å²) in [5.41, 5.74) is 2.88. The zero-order chi connectivity index (χ0) is 26.0. The largest absolute Gasteiger partial charge is 0.486 e. The van der Waals surface area contributed by atoms with Crippen LogP contribution in [0.1, 0.15) is 32.3 Å². The van der Waals surface area contributed by atoms with Crippen LogP contribution in [-0.2, 0) is 9.53 Å². The second-order valence-corrected chi connectivity index (χ2v) is 11.6. The van der Waals surface area contributed by atoms with Crippen molar-refractivity contribution in [2.45, 2.75) is 37.2 Å². The molecular formula is C28H33N3O5S. The van der Waals surface area contributed by atoms with Crippen molar-refractivity contribution in [1.29, 1.82) is 0 Å². The molecule has 0 aliphatic carbocycles.